The molecular formula is C17H14N6O7S2. The Balaban J connectivity index is 1.60. The van der Waals surface area contributed by atoms with Gasteiger partial charge in [-0.25, -0.2) is 9.78 Å². The van der Waals surface area contributed by atoms with Crippen molar-refractivity contribution in [1.29, 1.82) is 0 Å². The first-order valence-corrected chi connectivity index (χ1v) is 10.7. The number of anilines is 2. The third kappa shape index (κ3) is 3.13. The molecule has 32 heavy (non-hydrogen) atoms. The van der Waals surface area contributed by atoms with Crippen LogP contribution in [0.3, 0.4) is 0 Å². The topological polar surface area (TPSA) is 207 Å². The number of amides is 2. The Morgan fingerprint density at radius 1 is 1.31 bits per heavy atom. The maximum atomic E-state index is 12.8. The van der Waals surface area contributed by atoms with Crippen LogP contribution in [-0.2, 0) is 19.2 Å². The number of nitrogen functional groups attached to an aromatic ring is 2. The molecule has 1 saturated heterocycles. The molecule has 15 heteroatoms. The molecule has 6 N–H and O–H groups in total. The number of hydrogen-bond acceptors (Lipinski definition) is 12. The van der Waals surface area contributed by atoms with Crippen molar-refractivity contribution in [3.63, 3.8) is 0 Å². The molecule has 13 nitrogen and oxygen atoms in total. The molecule has 0 saturated carbocycles. The van der Waals surface area contributed by atoms with E-state index < -0.39 is 45.8 Å². The van der Waals surface area contributed by atoms with E-state index in [1.165, 1.54) is 12.5 Å². The molecule has 2 atom stereocenters. The number of nitrogens with one attached hydrogen (secondary N) is 1. The predicted molar refractivity (Wildman–Crippen MR) is 115 cm³/mol. The molecule has 2 aliphatic rings. The van der Waals surface area contributed by atoms with Crippen molar-refractivity contribution in [2.75, 3.05) is 24.3 Å². The van der Waals surface area contributed by atoms with Crippen LogP contribution in [0, 0.1) is 0 Å². The molecule has 2 aliphatic heterocycles. The van der Waals surface area contributed by atoms with Crippen molar-refractivity contribution >= 4 is 63.0 Å². The number of carbonyl (C=O) groups is 3. The van der Waals surface area contributed by atoms with E-state index in [0.717, 1.165) is 28.0 Å². The van der Waals surface area contributed by atoms with Gasteiger partial charge in [0.2, 0.25) is 10.9 Å². The number of β-lactam (4-membered cyclic amide) rings is 1. The second-order valence-electron chi connectivity index (χ2n) is 6.63. The van der Waals surface area contributed by atoms with Crippen LogP contribution < -0.4 is 27.6 Å². The van der Waals surface area contributed by atoms with Crippen LogP contribution in [0.1, 0.15) is 11.3 Å². The van der Waals surface area contributed by atoms with Crippen LogP contribution in [0.5, 0.6) is 0 Å². The SMILES string of the molecule is CO/N=C(\C(=O)NC1C(=O)N2C(C(=O)O)=C(c3c(N)c(=O)c3=O)CS[C@H]12)c1csc(N)n1. The van der Waals surface area contributed by atoms with Crippen LogP contribution in [0.4, 0.5) is 10.8 Å². The van der Waals surface area contributed by atoms with Gasteiger partial charge < -0.3 is 26.7 Å². The molecule has 2 aromatic rings. The molecular weight excluding hydrogens is 464 g/mol. The number of fused-ring (bicyclic) bond motifs is 1. The van der Waals surface area contributed by atoms with Gasteiger partial charge >= 0.3 is 5.97 Å². The lowest BCUT2D eigenvalue weighted by Crippen LogP contribution is -2.71. The van der Waals surface area contributed by atoms with Crippen molar-refractivity contribution in [1.82, 2.24) is 15.2 Å². The summed E-state index contributed by atoms with van der Waals surface area (Å²) in [6, 6.07) is -1.06. The lowest BCUT2D eigenvalue weighted by molar-refractivity contribution is -0.149. The highest BCUT2D eigenvalue weighted by atomic mass is 32.2. The number of rotatable bonds is 6. The summed E-state index contributed by atoms with van der Waals surface area (Å²) in [7, 11) is 1.23. The van der Waals surface area contributed by atoms with Crippen LogP contribution in [0.15, 0.2) is 25.8 Å². The third-order valence-corrected chi connectivity index (χ3v) is 6.82. The van der Waals surface area contributed by atoms with Gasteiger partial charge in [-0.15, -0.1) is 23.1 Å². The van der Waals surface area contributed by atoms with Gasteiger partial charge in [-0.3, -0.25) is 24.1 Å². The van der Waals surface area contributed by atoms with Crippen molar-refractivity contribution in [2.24, 2.45) is 5.16 Å². The third-order valence-electron chi connectivity index (χ3n) is 4.87. The Morgan fingerprint density at radius 2 is 2.03 bits per heavy atom. The number of aliphatic carboxylic acids is 1. The highest BCUT2D eigenvalue weighted by Crippen LogP contribution is 2.43. The molecule has 1 fully saturated rings. The van der Waals surface area contributed by atoms with E-state index in [9.17, 15) is 29.1 Å². The largest absolute Gasteiger partial charge is 0.477 e. The average molecular weight is 478 g/mol. The lowest BCUT2D eigenvalue weighted by atomic mass is 9.95. The maximum Gasteiger partial charge on any atom is 0.352 e. The number of hydrogen-bond donors (Lipinski definition) is 4. The minimum atomic E-state index is -1.46. The van der Waals surface area contributed by atoms with E-state index in [1.807, 2.05) is 0 Å². The number of nitrogens with two attached hydrogens (primary N) is 2. The maximum absolute atomic E-state index is 12.8. The van der Waals surface area contributed by atoms with Gasteiger partial charge in [-0.1, -0.05) is 5.16 Å². The zero-order valence-corrected chi connectivity index (χ0v) is 17.8. The second kappa shape index (κ2) is 7.76. The first-order valence-electron chi connectivity index (χ1n) is 8.81. The number of nitrogens with zero attached hydrogens (tertiary/aromatic N) is 3. The molecule has 0 spiro atoms. The van der Waals surface area contributed by atoms with Crippen molar-refractivity contribution < 1.29 is 24.3 Å². The summed E-state index contributed by atoms with van der Waals surface area (Å²) in [5.74, 6) is -2.94. The molecule has 1 aromatic heterocycles. The van der Waals surface area contributed by atoms with E-state index in [-0.39, 0.29) is 39.1 Å². The molecule has 2 amide bonds. The molecule has 0 bridgehead atoms. The minimum absolute atomic E-state index is 0.000852. The van der Waals surface area contributed by atoms with E-state index in [2.05, 4.69) is 20.3 Å². The number of carboxylic acid groups (broad SMARTS) is 1. The van der Waals surface area contributed by atoms with Gasteiger partial charge in [0.05, 0.1) is 11.3 Å². The minimum Gasteiger partial charge on any atom is -0.477 e. The average Bonchev–Trinajstić information content (AvgIpc) is 3.20. The monoisotopic (exact) mass is 478 g/mol. The molecule has 1 aromatic carbocycles. The fourth-order valence-electron chi connectivity index (χ4n) is 3.42. The number of oxime groups is 1. The first kappa shape index (κ1) is 21.5. The van der Waals surface area contributed by atoms with Gasteiger partial charge in [0.25, 0.3) is 11.8 Å². The number of carboxylic acids is 1. The van der Waals surface area contributed by atoms with Crippen molar-refractivity contribution in [2.45, 2.75) is 11.4 Å². The number of thiazole rings is 1. The number of carbonyl (C=O) groups excluding carboxylic acids is 2. The Morgan fingerprint density at radius 3 is 2.59 bits per heavy atom. The molecule has 3 heterocycles. The lowest BCUT2D eigenvalue weighted by Gasteiger charge is -2.49. The summed E-state index contributed by atoms with van der Waals surface area (Å²) in [6.45, 7) is 0. The summed E-state index contributed by atoms with van der Waals surface area (Å²) >= 11 is 2.20. The van der Waals surface area contributed by atoms with Crippen molar-refractivity contribution in [3.05, 3.63) is 42.8 Å². The predicted octanol–water partition coefficient (Wildman–Crippen LogP) is -1.85. The van der Waals surface area contributed by atoms with Crippen LogP contribution in [-0.4, -0.2) is 62.8 Å². The molecule has 1 unspecified atom stereocenters. The normalized spacial score (nSPS) is 20.7. The summed E-state index contributed by atoms with van der Waals surface area (Å²) in [5, 5.41) is 16.7. The molecule has 0 aliphatic carbocycles. The Kier molecular flexibility index (Phi) is 5.21. The quantitative estimate of drug-likeness (QED) is 0.157. The fourth-order valence-corrected chi connectivity index (χ4v) is 5.32. The van der Waals surface area contributed by atoms with Gasteiger partial charge in [0.1, 0.15) is 29.9 Å². The van der Waals surface area contributed by atoms with Crippen molar-refractivity contribution in [3.8, 4) is 0 Å². The highest BCUT2D eigenvalue weighted by molar-refractivity contribution is 8.00. The second-order valence-corrected chi connectivity index (χ2v) is 8.63. The summed E-state index contributed by atoms with van der Waals surface area (Å²) in [4.78, 5) is 70.3. The van der Waals surface area contributed by atoms with Gasteiger partial charge in [0.15, 0.2) is 10.8 Å². The Bertz CT molecular complexity index is 1310. The van der Waals surface area contributed by atoms with Gasteiger partial charge in [-0.2, -0.15) is 0 Å². The Labute approximate surface area is 186 Å². The molecule has 166 valence electrons. The number of thioether (sulfide) groups is 1. The fraction of sp³-hybridized carbons (Fsp3) is 0.235. The van der Waals surface area contributed by atoms with E-state index in [1.54, 1.807) is 0 Å². The van der Waals surface area contributed by atoms with E-state index in [0.29, 0.717) is 0 Å². The standard InChI is InChI=1S/C17H14N6O7S2/c1-30-22-8(5-3-32-17(19)20-5)13(26)21-9-14(27)23-10(16(28)29)4(2-31-15(9)23)6-7(18)12(25)11(6)24/h3,9,15H,2,18H2,1H3,(H2,19,20)(H,21,26)(H,28,29)/b22-8-/t9?,15-/m1/s1. The highest BCUT2D eigenvalue weighted by Gasteiger charge is 2.55. The number of aromatic nitrogens is 1. The molecule has 0 radical (unpaired) electrons. The zero-order chi connectivity index (χ0) is 23.3. The smallest absolute Gasteiger partial charge is 0.352 e. The van der Waals surface area contributed by atoms with Crippen LogP contribution >= 0.6 is 23.1 Å². The van der Waals surface area contributed by atoms with Crippen LogP contribution in [0.25, 0.3) is 5.57 Å². The summed E-state index contributed by atoms with van der Waals surface area (Å²) in [5.41, 5.74) is 8.35. The van der Waals surface area contributed by atoms with E-state index in [4.69, 9.17) is 11.5 Å². The zero-order valence-electron chi connectivity index (χ0n) is 16.1. The van der Waals surface area contributed by atoms with Gasteiger partial charge in [0, 0.05) is 16.7 Å². The van der Waals surface area contributed by atoms with Gasteiger partial charge in [-0.05, 0) is 0 Å². The van der Waals surface area contributed by atoms with Crippen LogP contribution in [0.2, 0.25) is 0 Å². The summed E-state index contributed by atoms with van der Waals surface area (Å²) < 4.78 is 0. The Hall–Kier alpha value is -3.72. The first-order chi connectivity index (χ1) is 15.2. The summed E-state index contributed by atoms with van der Waals surface area (Å²) in [6.07, 6.45) is 0. The molecule has 4 rings (SSSR count). The van der Waals surface area contributed by atoms with E-state index >= 15 is 0 Å².